The molecule has 0 atom stereocenters. The molecule has 106 valence electrons. The molecule has 1 N–H and O–H groups in total. The SMILES string of the molecule is CNCN=C(SC(C)C)c1ccc(C(C)(C)C)cc1. The topological polar surface area (TPSA) is 24.4 Å². The summed E-state index contributed by atoms with van der Waals surface area (Å²) in [6.45, 7) is 11.8. The van der Waals surface area contributed by atoms with Gasteiger partial charge in [0.25, 0.3) is 0 Å². The number of hydrogen-bond donors (Lipinski definition) is 1. The van der Waals surface area contributed by atoms with Gasteiger partial charge in [0.05, 0.1) is 11.7 Å². The fraction of sp³-hybridized carbons (Fsp3) is 0.562. The predicted molar refractivity (Wildman–Crippen MR) is 88.3 cm³/mol. The van der Waals surface area contributed by atoms with Gasteiger partial charge in [-0.3, -0.25) is 4.99 Å². The summed E-state index contributed by atoms with van der Waals surface area (Å²) < 4.78 is 0. The zero-order chi connectivity index (χ0) is 14.5. The Morgan fingerprint density at radius 3 is 2.21 bits per heavy atom. The third kappa shape index (κ3) is 5.37. The predicted octanol–water partition coefficient (Wildman–Crippen LogP) is 4.05. The van der Waals surface area contributed by atoms with Gasteiger partial charge in [0.1, 0.15) is 0 Å². The van der Waals surface area contributed by atoms with Gasteiger partial charge < -0.3 is 5.32 Å². The van der Waals surface area contributed by atoms with Gasteiger partial charge in [0, 0.05) is 10.8 Å². The molecule has 0 aliphatic heterocycles. The van der Waals surface area contributed by atoms with Gasteiger partial charge in [-0.2, -0.15) is 0 Å². The van der Waals surface area contributed by atoms with Gasteiger partial charge >= 0.3 is 0 Å². The van der Waals surface area contributed by atoms with Crippen LogP contribution < -0.4 is 5.32 Å². The van der Waals surface area contributed by atoms with Gasteiger partial charge in [-0.15, -0.1) is 11.8 Å². The highest BCUT2D eigenvalue weighted by Gasteiger charge is 2.14. The van der Waals surface area contributed by atoms with Crippen molar-refractivity contribution in [3.63, 3.8) is 0 Å². The second-order valence-electron chi connectivity index (χ2n) is 5.97. The van der Waals surface area contributed by atoms with Crippen molar-refractivity contribution in [2.75, 3.05) is 13.7 Å². The Morgan fingerprint density at radius 1 is 1.21 bits per heavy atom. The molecule has 3 heteroatoms. The Kier molecular flexibility index (Phi) is 6.08. The summed E-state index contributed by atoms with van der Waals surface area (Å²) in [6, 6.07) is 8.80. The van der Waals surface area contributed by atoms with Crippen LogP contribution >= 0.6 is 11.8 Å². The Morgan fingerprint density at radius 2 is 1.79 bits per heavy atom. The lowest BCUT2D eigenvalue weighted by Gasteiger charge is -2.19. The van der Waals surface area contributed by atoms with E-state index in [-0.39, 0.29) is 5.41 Å². The van der Waals surface area contributed by atoms with Crippen LogP contribution in [0.3, 0.4) is 0 Å². The molecule has 0 spiro atoms. The highest BCUT2D eigenvalue weighted by atomic mass is 32.2. The Hall–Kier alpha value is -0.800. The van der Waals surface area contributed by atoms with Crippen molar-refractivity contribution in [3.05, 3.63) is 35.4 Å². The Labute approximate surface area is 122 Å². The van der Waals surface area contributed by atoms with Crippen LogP contribution in [0.4, 0.5) is 0 Å². The second kappa shape index (κ2) is 7.11. The van der Waals surface area contributed by atoms with E-state index >= 15 is 0 Å². The maximum Gasteiger partial charge on any atom is 0.0995 e. The first kappa shape index (κ1) is 16.3. The summed E-state index contributed by atoms with van der Waals surface area (Å²) in [4.78, 5) is 4.61. The fourth-order valence-corrected chi connectivity index (χ4v) is 2.54. The zero-order valence-electron chi connectivity index (χ0n) is 12.9. The third-order valence-corrected chi connectivity index (χ3v) is 3.79. The maximum atomic E-state index is 4.61. The van der Waals surface area contributed by atoms with E-state index < -0.39 is 0 Å². The molecular formula is C16H26N2S. The van der Waals surface area contributed by atoms with Crippen LogP contribution in [0.25, 0.3) is 0 Å². The lowest BCUT2D eigenvalue weighted by molar-refractivity contribution is 0.590. The third-order valence-electron chi connectivity index (χ3n) is 2.73. The van der Waals surface area contributed by atoms with Crippen LogP contribution in [0.2, 0.25) is 0 Å². The summed E-state index contributed by atoms with van der Waals surface area (Å²) in [6.07, 6.45) is 0. The second-order valence-corrected chi connectivity index (χ2v) is 7.53. The van der Waals surface area contributed by atoms with E-state index in [1.807, 2.05) is 18.8 Å². The van der Waals surface area contributed by atoms with Crippen LogP contribution in [-0.2, 0) is 5.41 Å². The first-order valence-corrected chi connectivity index (χ1v) is 7.69. The van der Waals surface area contributed by atoms with Crippen LogP contribution in [0.1, 0.15) is 45.7 Å². The monoisotopic (exact) mass is 278 g/mol. The minimum atomic E-state index is 0.200. The van der Waals surface area contributed by atoms with Gasteiger partial charge in [-0.05, 0) is 18.0 Å². The number of thioether (sulfide) groups is 1. The molecule has 0 bridgehead atoms. The molecule has 0 fully saturated rings. The van der Waals surface area contributed by atoms with Crippen LogP contribution in [0.15, 0.2) is 29.3 Å². The largest absolute Gasteiger partial charge is 0.301 e. The molecule has 0 aromatic heterocycles. The quantitative estimate of drug-likeness (QED) is 0.664. The number of hydrogen-bond acceptors (Lipinski definition) is 3. The van der Waals surface area contributed by atoms with E-state index in [0.717, 1.165) is 5.04 Å². The highest BCUT2D eigenvalue weighted by Crippen LogP contribution is 2.24. The fourth-order valence-electron chi connectivity index (χ4n) is 1.68. The summed E-state index contributed by atoms with van der Waals surface area (Å²) in [5, 5.41) is 4.73. The molecular weight excluding hydrogens is 252 g/mol. The molecule has 0 heterocycles. The van der Waals surface area contributed by atoms with Gasteiger partial charge in [0.15, 0.2) is 0 Å². The molecule has 0 radical (unpaired) electrons. The van der Waals surface area contributed by atoms with Crippen molar-refractivity contribution in [1.82, 2.24) is 5.32 Å². The molecule has 0 unspecified atom stereocenters. The minimum Gasteiger partial charge on any atom is -0.301 e. The van der Waals surface area contributed by atoms with Gasteiger partial charge in [-0.1, -0.05) is 58.9 Å². The van der Waals surface area contributed by atoms with Gasteiger partial charge in [0.2, 0.25) is 0 Å². The molecule has 1 aromatic carbocycles. The number of nitrogens with one attached hydrogen (secondary N) is 1. The van der Waals surface area contributed by atoms with Crippen molar-refractivity contribution < 1.29 is 0 Å². The lowest BCUT2D eigenvalue weighted by atomic mass is 9.87. The van der Waals surface area contributed by atoms with Crippen molar-refractivity contribution in [2.24, 2.45) is 4.99 Å². The smallest absolute Gasteiger partial charge is 0.0995 e. The molecule has 1 rings (SSSR count). The average molecular weight is 278 g/mol. The van der Waals surface area contributed by atoms with E-state index in [1.54, 1.807) is 0 Å². The normalized spacial score (nSPS) is 13.1. The van der Waals surface area contributed by atoms with E-state index in [2.05, 4.69) is 69.2 Å². The number of rotatable bonds is 4. The van der Waals surface area contributed by atoms with Crippen LogP contribution in [-0.4, -0.2) is 24.0 Å². The molecule has 0 aliphatic rings. The maximum absolute atomic E-state index is 4.61. The average Bonchev–Trinajstić information content (AvgIpc) is 2.33. The van der Waals surface area contributed by atoms with E-state index in [9.17, 15) is 0 Å². The van der Waals surface area contributed by atoms with Crippen molar-refractivity contribution in [1.29, 1.82) is 0 Å². The summed E-state index contributed by atoms with van der Waals surface area (Å²) in [7, 11) is 1.92. The molecule has 0 aliphatic carbocycles. The Bertz CT molecular complexity index is 413. The zero-order valence-corrected chi connectivity index (χ0v) is 13.8. The summed E-state index contributed by atoms with van der Waals surface area (Å²) in [5.41, 5.74) is 2.77. The number of benzene rings is 1. The van der Waals surface area contributed by atoms with Crippen molar-refractivity contribution in [3.8, 4) is 0 Å². The van der Waals surface area contributed by atoms with E-state index in [4.69, 9.17) is 0 Å². The first-order valence-electron chi connectivity index (χ1n) is 6.81. The molecule has 1 aromatic rings. The van der Waals surface area contributed by atoms with Crippen molar-refractivity contribution in [2.45, 2.75) is 45.3 Å². The molecule has 0 amide bonds. The van der Waals surface area contributed by atoms with Gasteiger partial charge in [-0.25, -0.2) is 0 Å². The van der Waals surface area contributed by atoms with Crippen molar-refractivity contribution >= 4 is 16.8 Å². The highest BCUT2D eigenvalue weighted by molar-refractivity contribution is 8.14. The molecule has 19 heavy (non-hydrogen) atoms. The Balaban J connectivity index is 2.97. The van der Waals surface area contributed by atoms with E-state index in [0.29, 0.717) is 11.9 Å². The minimum absolute atomic E-state index is 0.200. The summed E-state index contributed by atoms with van der Waals surface area (Å²) in [5.74, 6) is 0. The standard InChI is InChI=1S/C16H26N2S/c1-12(2)19-15(18-11-17-6)13-7-9-14(10-8-13)16(3,4)5/h7-10,12,17H,11H2,1-6H3. The lowest BCUT2D eigenvalue weighted by Crippen LogP contribution is -2.12. The van der Waals surface area contributed by atoms with E-state index in [1.165, 1.54) is 11.1 Å². The molecule has 0 saturated heterocycles. The van der Waals surface area contributed by atoms with Crippen LogP contribution in [0.5, 0.6) is 0 Å². The van der Waals surface area contributed by atoms with Crippen LogP contribution in [0, 0.1) is 0 Å². The number of nitrogens with zero attached hydrogens (tertiary/aromatic N) is 1. The molecule has 0 saturated carbocycles. The molecule has 2 nitrogen and oxygen atoms in total. The first-order chi connectivity index (χ1) is 8.84. The number of aliphatic imine (C=N–C) groups is 1. The summed E-state index contributed by atoms with van der Waals surface area (Å²) >= 11 is 1.82.